The second-order valence-electron chi connectivity index (χ2n) is 11.3. The molecule has 4 rings (SSSR count). The molecule has 1 aliphatic rings. The number of benzene rings is 1. The van der Waals surface area contributed by atoms with E-state index >= 15 is 0 Å². The number of thiazole rings is 1. The maximum atomic E-state index is 13.3. The molecule has 1 aliphatic heterocycles. The van der Waals surface area contributed by atoms with Crippen LogP contribution in [0.1, 0.15) is 5.01 Å². The molecule has 0 atom stereocenters. The third-order valence-corrected chi connectivity index (χ3v) is 8.97. The van der Waals surface area contributed by atoms with E-state index in [1.54, 1.807) is 11.3 Å². The highest BCUT2D eigenvalue weighted by molar-refractivity contribution is 7.15. The minimum Gasteiger partial charge on any atom is -0.403 e. The summed E-state index contributed by atoms with van der Waals surface area (Å²) in [5, 5.41) is 4.55. The van der Waals surface area contributed by atoms with Gasteiger partial charge < -0.3 is 15.0 Å². The van der Waals surface area contributed by atoms with Gasteiger partial charge in [0.2, 0.25) is 5.91 Å². The zero-order chi connectivity index (χ0) is 25.1. The third-order valence-electron chi connectivity index (χ3n) is 8.00. The molecule has 34 heavy (non-hydrogen) atoms. The molecule has 1 saturated heterocycles. The summed E-state index contributed by atoms with van der Waals surface area (Å²) in [5.41, 5.74) is 1.11. The molecule has 2 aromatic heterocycles. The van der Waals surface area contributed by atoms with E-state index < -0.39 is 10.8 Å². The van der Waals surface area contributed by atoms with Crippen LogP contribution in [-0.4, -0.2) is 112 Å². The lowest BCUT2D eigenvalue weighted by atomic mass is 9.30. The topological polar surface area (TPSA) is 67.3 Å². The summed E-state index contributed by atoms with van der Waals surface area (Å²) in [6.07, 6.45) is 3.71. The van der Waals surface area contributed by atoms with Gasteiger partial charge in [0, 0.05) is 28.6 Å². The van der Waals surface area contributed by atoms with Crippen molar-refractivity contribution < 1.29 is 9.53 Å². The smallest absolute Gasteiger partial charge is 0.239 e. The van der Waals surface area contributed by atoms with Gasteiger partial charge in [-0.05, 0) is 40.7 Å². The van der Waals surface area contributed by atoms with Crippen molar-refractivity contribution in [3.8, 4) is 10.4 Å². The number of pyridine rings is 1. The van der Waals surface area contributed by atoms with Gasteiger partial charge in [-0.25, -0.2) is 9.97 Å². The number of carbonyl (C=O) groups excluding carboxylic acids is 1. The number of carbonyl (C=O) groups is 1. The Morgan fingerprint density at radius 2 is 1.62 bits per heavy atom. The molecule has 0 unspecified atom stereocenters. The van der Waals surface area contributed by atoms with Crippen LogP contribution in [0.25, 0.3) is 21.2 Å². The van der Waals surface area contributed by atoms with E-state index in [-0.39, 0.29) is 23.1 Å². The van der Waals surface area contributed by atoms with Crippen LogP contribution in [-0.2, 0) is 9.53 Å². The van der Waals surface area contributed by atoms with E-state index in [2.05, 4.69) is 101 Å². The van der Waals surface area contributed by atoms with Crippen LogP contribution < -0.4 is 5.32 Å². The number of morpholine rings is 1. The van der Waals surface area contributed by atoms with Gasteiger partial charge in [0.25, 0.3) is 0 Å². The molecular formula is C19H28B8N4O2S. The number of aromatic nitrogens is 2. The Hall–Kier alpha value is -1.83. The Labute approximate surface area is 213 Å². The Morgan fingerprint density at radius 3 is 2.21 bits per heavy atom. The van der Waals surface area contributed by atoms with Crippen LogP contribution in [0.2, 0.25) is 0 Å². The summed E-state index contributed by atoms with van der Waals surface area (Å²) < 4.78 is 6.53. The summed E-state index contributed by atoms with van der Waals surface area (Å²) in [4.78, 5) is 25.5. The van der Waals surface area contributed by atoms with Crippen molar-refractivity contribution >= 4 is 96.6 Å². The van der Waals surface area contributed by atoms with Gasteiger partial charge >= 0.3 is 0 Å². The first-order chi connectivity index (χ1) is 15.6. The second-order valence-corrected chi connectivity index (χ2v) is 12.5. The fourth-order valence-corrected chi connectivity index (χ4v) is 5.59. The van der Waals surface area contributed by atoms with Gasteiger partial charge in [-0.1, -0.05) is 12.1 Å². The lowest BCUT2D eigenvalue weighted by molar-refractivity contribution is -0.131. The quantitative estimate of drug-likeness (QED) is 0.392. The predicted molar refractivity (Wildman–Crippen MR) is 163 cm³/mol. The van der Waals surface area contributed by atoms with E-state index in [4.69, 9.17) is 4.74 Å². The van der Waals surface area contributed by atoms with Gasteiger partial charge in [-0.3, -0.25) is 4.79 Å². The predicted octanol–water partition coefficient (Wildman–Crippen LogP) is -5.38. The zero-order valence-corrected chi connectivity index (χ0v) is 22.6. The zero-order valence-electron chi connectivity index (χ0n) is 21.7. The van der Waals surface area contributed by atoms with Crippen LogP contribution in [0.4, 0.5) is 5.82 Å². The van der Waals surface area contributed by atoms with Crippen LogP contribution in [0.5, 0.6) is 0 Å². The van der Waals surface area contributed by atoms with Crippen molar-refractivity contribution in [2.24, 2.45) is 0 Å². The van der Waals surface area contributed by atoms with Gasteiger partial charge in [-0.2, -0.15) is 0 Å². The number of fused-ring (bicyclic) bond motifs is 1. The normalized spacial score (nSPS) is 20.6. The third kappa shape index (κ3) is 4.31. The number of amides is 1. The molecule has 1 amide bonds. The highest BCUT2D eigenvalue weighted by Gasteiger charge is 2.58. The Balaban J connectivity index is 1.58. The molecule has 166 valence electrons. The maximum Gasteiger partial charge on any atom is 0.239 e. The van der Waals surface area contributed by atoms with Gasteiger partial charge in [-0.15, -0.1) is 11.3 Å². The van der Waals surface area contributed by atoms with Crippen molar-refractivity contribution in [1.82, 2.24) is 14.9 Å². The highest BCUT2D eigenvalue weighted by atomic mass is 32.1. The molecule has 15 heteroatoms. The standard InChI is InChI=1S/C19H28B8N4O2S/c1-9-28-7-13(34-9)10-2-3-11-6-29-14(5-12(11)4-10)30-15(32)8-31-16(20,21)18(24,25)33-19(26,27)17(31,22)23/h2-7H,8,20-27H2,1H3,(H,29,30,32). The fourth-order valence-electron chi connectivity index (χ4n) is 4.82. The van der Waals surface area contributed by atoms with Crippen molar-refractivity contribution in [3.63, 3.8) is 0 Å². The van der Waals surface area contributed by atoms with Crippen molar-refractivity contribution in [2.75, 3.05) is 11.9 Å². The van der Waals surface area contributed by atoms with Gasteiger partial charge in [0.1, 0.15) is 68.6 Å². The fraction of sp³-hybridized carbons (Fsp3) is 0.316. The second kappa shape index (κ2) is 8.38. The minimum absolute atomic E-state index is 0.0873. The van der Waals surface area contributed by atoms with Crippen LogP contribution in [0.3, 0.4) is 0 Å². The average molecular weight is 463 g/mol. The number of aryl methyl sites for hydroxylation is 1. The Kier molecular flexibility index (Phi) is 6.23. The van der Waals surface area contributed by atoms with E-state index in [0.717, 1.165) is 26.2 Å². The number of nitrogens with one attached hydrogen (secondary N) is 1. The monoisotopic (exact) mass is 464 g/mol. The van der Waals surface area contributed by atoms with Gasteiger partial charge in [0.15, 0.2) is 0 Å². The number of ether oxygens (including phenoxy) is 1. The summed E-state index contributed by atoms with van der Waals surface area (Å²) in [7, 11) is 17.0. The van der Waals surface area contributed by atoms with Gasteiger partial charge in [0.05, 0.1) is 16.4 Å². The van der Waals surface area contributed by atoms with E-state index in [9.17, 15) is 4.79 Å². The molecule has 1 fully saturated rings. The SMILES string of the molecule is BC1(B)OC(B)(B)C(B)(B)N(CC(=O)Nc2cc3cc(-c4cnc(C)s4)ccc3cn2)C1(B)B. The van der Waals surface area contributed by atoms with E-state index in [0.29, 0.717) is 5.82 Å². The Bertz CT molecular complexity index is 1240. The molecule has 3 heterocycles. The van der Waals surface area contributed by atoms with E-state index in [1.807, 2.05) is 25.4 Å². The molecule has 0 saturated carbocycles. The molecular weight excluding hydrogens is 435 g/mol. The average Bonchev–Trinajstić information content (AvgIpc) is 3.16. The molecule has 0 bridgehead atoms. The van der Waals surface area contributed by atoms with Crippen LogP contribution in [0.15, 0.2) is 36.7 Å². The summed E-state index contributed by atoms with van der Waals surface area (Å²) in [6.45, 7) is 2.25. The van der Waals surface area contributed by atoms with E-state index in [1.165, 1.54) is 0 Å². The summed E-state index contributed by atoms with van der Waals surface area (Å²) >= 11 is 1.67. The van der Waals surface area contributed by atoms with Crippen LogP contribution >= 0.6 is 11.3 Å². The number of hydrogen-bond donors (Lipinski definition) is 1. The minimum atomic E-state index is -0.432. The number of hydrogen-bond acceptors (Lipinski definition) is 6. The van der Waals surface area contributed by atoms with Crippen molar-refractivity contribution in [2.45, 2.75) is 28.4 Å². The molecule has 1 aromatic carbocycles. The number of anilines is 1. The first-order valence-corrected chi connectivity index (χ1v) is 12.6. The number of nitrogens with zero attached hydrogens (tertiary/aromatic N) is 3. The maximum absolute atomic E-state index is 13.3. The van der Waals surface area contributed by atoms with Crippen molar-refractivity contribution in [1.29, 1.82) is 0 Å². The number of rotatable bonds is 4. The molecule has 0 aliphatic carbocycles. The molecule has 0 radical (unpaired) electrons. The molecule has 3 aromatic rings. The first-order valence-electron chi connectivity index (χ1n) is 11.7. The molecule has 1 N–H and O–H groups in total. The highest BCUT2D eigenvalue weighted by Crippen LogP contribution is 2.39. The summed E-state index contributed by atoms with van der Waals surface area (Å²) in [5.74, 6) is 0.466. The van der Waals surface area contributed by atoms with Crippen molar-refractivity contribution in [3.05, 3.63) is 41.7 Å². The van der Waals surface area contributed by atoms with Crippen LogP contribution in [0, 0.1) is 6.92 Å². The lowest BCUT2D eigenvalue weighted by Gasteiger charge is -2.68. The lowest BCUT2D eigenvalue weighted by Crippen LogP contribution is -2.86. The summed E-state index contributed by atoms with van der Waals surface area (Å²) in [6, 6.07) is 8.20. The Morgan fingerprint density at radius 1 is 0.971 bits per heavy atom. The largest absolute Gasteiger partial charge is 0.403 e. The first kappa shape index (κ1) is 25.3. The molecule has 6 nitrogen and oxygen atoms in total. The molecule has 0 spiro atoms.